The summed E-state index contributed by atoms with van der Waals surface area (Å²) in [5.74, 6) is -0.0159. The van der Waals surface area contributed by atoms with Gasteiger partial charge in [0.25, 0.3) is 0 Å². The molecule has 6 heteroatoms. The van der Waals surface area contributed by atoms with E-state index in [1.165, 1.54) is 0 Å². The van der Waals surface area contributed by atoms with Gasteiger partial charge in [0.15, 0.2) is 0 Å². The zero-order chi connectivity index (χ0) is 15.7. The molecule has 1 atom stereocenters. The molecule has 2 aliphatic heterocycles. The largest absolute Gasteiger partial charge is 0.444 e. The Morgan fingerprint density at radius 1 is 1.38 bits per heavy atom. The summed E-state index contributed by atoms with van der Waals surface area (Å²) >= 11 is 0. The van der Waals surface area contributed by atoms with Gasteiger partial charge >= 0.3 is 6.09 Å². The van der Waals surface area contributed by atoms with E-state index < -0.39 is 11.0 Å². The molecule has 2 heterocycles. The van der Waals surface area contributed by atoms with Crippen molar-refractivity contribution in [2.75, 3.05) is 26.2 Å². The lowest BCUT2D eigenvalue weighted by Gasteiger charge is -2.46. The van der Waals surface area contributed by atoms with Crippen molar-refractivity contribution in [3.05, 3.63) is 0 Å². The van der Waals surface area contributed by atoms with Crippen LogP contribution in [0, 0.1) is 5.41 Å². The monoisotopic (exact) mass is 298 g/mol. The van der Waals surface area contributed by atoms with Gasteiger partial charge in [0.2, 0.25) is 5.91 Å². The van der Waals surface area contributed by atoms with Crippen molar-refractivity contribution in [3.8, 4) is 0 Å². The summed E-state index contributed by atoms with van der Waals surface area (Å²) in [6.07, 6.45) is 1.84. The summed E-state index contributed by atoms with van der Waals surface area (Å²) in [4.78, 5) is 25.6. The van der Waals surface area contributed by atoms with Crippen LogP contribution in [0.5, 0.6) is 0 Å². The third-order valence-corrected chi connectivity index (χ3v) is 3.79. The molecule has 0 radical (unpaired) electrons. The Balaban J connectivity index is 1.74. The van der Waals surface area contributed by atoms with Gasteiger partial charge in [0, 0.05) is 26.2 Å². The van der Waals surface area contributed by atoms with E-state index in [4.69, 9.17) is 9.47 Å². The topological polar surface area (TPSA) is 67.9 Å². The molecule has 0 spiro atoms. The highest BCUT2D eigenvalue weighted by Crippen LogP contribution is 2.31. The Labute approximate surface area is 126 Å². The number of carbonyl (C=O) groups is 2. The Bertz CT molecular complexity index is 404. The van der Waals surface area contributed by atoms with Crippen LogP contribution < -0.4 is 5.32 Å². The van der Waals surface area contributed by atoms with Crippen LogP contribution in [0.15, 0.2) is 0 Å². The minimum atomic E-state index is -0.518. The Kier molecular flexibility index (Phi) is 4.46. The molecule has 0 unspecified atom stereocenters. The Morgan fingerprint density at radius 2 is 2.05 bits per heavy atom. The molecule has 0 aromatic heterocycles. The number of hydrogen-bond acceptors (Lipinski definition) is 4. The molecule has 2 fully saturated rings. The smallest absolute Gasteiger partial charge is 0.410 e. The fraction of sp³-hybridized carbons (Fsp3) is 0.867. The number of ether oxygens (including phenoxy) is 2. The average Bonchev–Trinajstić information content (AvgIpc) is 2.82. The average molecular weight is 298 g/mol. The van der Waals surface area contributed by atoms with Gasteiger partial charge in [-0.1, -0.05) is 0 Å². The third kappa shape index (κ3) is 4.09. The predicted molar refractivity (Wildman–Crippen MR) is 77.9 cm³/mol. The molecule has 0 aromatic carbocycles. The molecular formula is C15H26N2O4. The second kappa shape index (κ2) is 5.83. The molecule has 2 amide bonds. The number of rotatable bonds is 3. The van der Waals surface area contributed by atoms with Crippen molar-refractivity contribution in [2.24, 2.45) is 5.41 Å². The summed E-state index contributed by atoms with van der Waals surface area (Å²) in [5.41, 5.74) is -1.03. The first-order valence-electron chi connectivity index (χ1n) is 7.57. The van der Waals surface area contributed by atoms with Crippen LogP contribution in [0.4, 0.5) is 4.79 Å². The quantitative estimate of drug-likeness (QED) is 0.858. The van der Waals surface area contributed by atoms with Crippen LogP contribution >= 0.6 is 0 Å². The molecule has 2 saturated heterocycles. The van der Waals surface area contributed by atoms with Crippen LogP contribution in [-0.4, -0.2) is 54.8 Å². The van der Waals surface area contributed by atoms with Gasteiger partial charge < -0.3 is 19.7 Å². The molecular weight excluding hydrogens is 272 g/mol. The zero-order valence-electron chi connectivity index (χ0n) is 13.4. The highest BCUT2D eigenvalue weighted by molar-refractivity contribution is 5.86. The van der Waals surface area contributed by atoms with Gasteiger partial charge in [-0.2, -0.15) is 0 Å². The number of carbonyl (C=O) groups excluding carboxylic acids is 2. The molecule has 2 aliphatic rings. The van der Waals surface area contributed by atoms with Gasteiger partial charge in [-0.05, 0) is 40.5 Å². The lowest BCUT2D eigenvalue weighted by atomic mass is 9.81. The lowest BCUT2D eigenvalue weighted by Crippen LogP contribution is -2.64. The van der Waals surface area contributed by atoms with Crippen molar-refractivity contribution in [1.82, 2.24) is 10.2 Å². The first kappa shape index (κ1) is 16.1. The second-order valence-electron chi connectivity index (χ2n) is 7.24. The predicted octanol–water partition coefficient (Wildman–Crippen LogP) is 1.54. The van der Waals surface area contributed by atoms with E-state index in [1.54, 1.807) is 4.90 Å². The van der Waals surface area contributed by atoms with Gasteiger partial charge in [-0.3, -0.25) is 4.79 Å². The summed E-state index contributed by atoms with van der Waals surface area (Å²) in [6.45, 7) is 9.51. The van der Waals surface area contributed by atoms with Gasteiger partial charge in [0.1, 0.15) is 5.60 Å². The summed E-state index contributed by atoms with van der Waals surface area (Å²) < 4.78 is 10.8. The standard InChI is InChI=1S/C15H26N2O4/c1-14(2,3)21-13(19)17-9-15(4,10-17)12(18)16-8-11-6-5-7-20-11/h11H,5-10H2,1-4H3,(H,16,18)/t11-/m1/s1. The summed E-state index contributed by atoms with van der Waals surface area (Å²) in [5, 5.41) is 2.93. The maximum Gasteiger partial charge on any atom is 0.410 e. The molecule has 21 heavy (non-hydrogen) atoms. The van der Waals surface area contributed by atoms with Crippen molar-refractivity contribution in [2.45, 2.75) is 52.2 Å². The number of amides is 2. The van der Waals surface area contributed by atoms with Crippen molar-refractivity contribution in [3.63, 3.8) is 0 Å². The maximum absolute atomic E-state index is 12.2. The van der Waals surface area contributed by atoms with E-state index in [-0.39, 0.29) is 18.1 Å². The first-order chi connectivity index (χ1) is 9.70. The van der Waals surface area contributed by atoms with Crippen molar-refractivity contribution < 1.29 is 19.1 Å². The minimum absolute atomic E-state index is 0.0159. The number of likely N-dealkylation sites (tertiary alicyclic amines) is 1. The van der Waals surface area contributed by atoms with Gasteiger partial charge in [-0.25, -0.2) is 4.79 Å². The number of hydrogen-bond donors (Lipinski definition) is 1. The maximum atomic E-state index is 12.2. The molecule has 1 N–H and O–H groups in total. The highest BCUT2D eigenvalue weighted by atomic mass is 16.6. The van der Waals surface area contributed by atoms with E-state index in [9.17, 15) is 9.59 Å². The summed E-state index contributed by atoms with van der Waals surface area (Å²) in [7, 11) is 0. The SMILES string of the molecule is CC(C)(C)OC(=O)N1CC(C)(C(=O)NC[C@H]2CCCO2)C1. The number of nitrogens with zero attached hydrogens (tertiary/aromatic N) is 1. The van der Waals surface area contributed by atoms with Crippen LogP contribution in [-0.2, 0) is 14.3 Å². The van der Waals surface area contributed by atoms with E-state index in [2.05, 4.69) is 5.32 Å². The fourth-order valence-corrected chi connectivity index (χ4v) is 2.62. The van der Waals surface area contributed by atoms with Gasteiger partial charge in [0.05, 0.1) is 11.5 Å². The second-order valence-corrected chi connectivity index (χ2v) is 7.24. The van der Waals surface area contributed by atoms with Crippen molar-refractivity contribution in [1.29, 1.82) is 0 Å². The molecule has 2 rings (SSSR count). The summed E-state index contributed by atoms with van der Waals surface area (Å²) in [6, 6.07) is 0. The van der Waals surface area contributed by atoms with Crippen molar-refractivity contribution >= 4 is 12.0 Å². The molecule has 120 valence electrons. The van der Waals surface area contributed by atoms with Crippen LogP contribution in [0.3, 0.4) is 0 Å². The Morgan fingerprint density at radius 3 is 2.57 bits per heavy atom. The Hall–Kier alpha value is -1.30. The van der Waals surface area contributed by atoms with Gasteiger partial charge in [-0.15, -0.1) is 0 Å². The van der Waals surface area contributed by atoms with Crippen LogP contribution in [0.25, 0.3) is 0 Å². The molecule has 0 aliphatic carbocycles. The van der Waals surface area contributed by atoms with E-state index >= 15 is 0 Å². The van der Waals surface area contributed by atoms with E-state index in [0.717, 1.165) is 19.4 Å². The number of nitrogens with one attached hydrogen (secondary N) is 1. The normalized spacial score (nSPS) is 24.4. The molecule has 6 nitrogen and oxygen atoms in total. The van der Waals surface area contributed by atoms with E-state index in [0.29, 0.717) is 19.6 Å². The lowest BCUT2D eigenvalue weighted by molar-refractivity contribution is -0.139. The van der Waals surface area contributed by atoms with Crippen LogP contribution in [0.2, 0.25) is 0 Å². The molecule has 0 saturated carbocycles. The third-order valence-electron chi connectivity index (χ3n) is 3.79. The first-order valence-corrected chi connectivity index (χ1v) is 7.57. The highest BCUT2D eigenvalue weighted by Gasteiger charge is 2.48. The fourth-order valence-electron chi connectivity index (χ4n) is 2.62. The molecule has 0 aromatic rings. The van der Waals surface area contributed by atoms with E-state index in [1.807, 2.05) is 27.7 Å². The zero-order valence-corrected chi connectivity index (χ0v) is 13.4. The van der Waals surface area contributed by atoms with Crippen LogP contribution in [0.1, 0.15) is 40.5 Å². The molecule has 0 bridgehead atoms. The minimum Gasteiger partial charge on any atom is -0.444 e.